The highest BCUT2D eigenvalue weighted by atomic mass is 16.7. The smallest absolute Gasteiger partial charge is 0.339 e. The van der Waals surface area contributed by atoms with Gasteiger partial charge in [-0.1, -0.05) is 12.1 Å². The van der Waals surface area contributed by atoms with Gasteiger partial charge >= 0.3 is 23.9 Å². The first-order chi connectivity index (χ1) is 15.5. The van der Waals surface area contributed by atoms with Crippen molar-refractivity contribution in [3.63, 3.8) is 0 Å². The van der Waals surface area contributed by atoms with E-state index in [1.165, 1.54) is 31.2 Å². The predicted molar refractivity (Wildman–Crippen MR) is 108 cm³/mol. The number of amides is 1. The number of carboxylic acid groups (broad SMARTS) is 1. The van der Waals surface area contributed by atoms with Crippen molar-refractivity contribution >= 4 is 29.8 Å². The second-order valence-corrected chi connectivity index (χ2v) is 7.14. The molecule has 12 heteroatoms. The molecule has 0 bridgehead atoms. The zero-order valence-electron chi connectivity index (χ0n) is 18.4. The summed E-state index contributed by atoms with van der Waals surface area (Å²) in [6, 6.07) is 4.48. The average molecular weight is 467 g/mol. The summed E-state index contributed by atoms with van der Waals surface area (Å²) in [4.78, 5) is 58.4. The van der Waals surface area contributed by atoms with Gasteiger partial charge in [0, 0.05) is 27.7 Å². The summed E-state index contributed by atoms with van der Waals surface area (Å²) >= 11 is 0. The number of hydrogen-bond acceptors (Lipinski definition) is 10. The van der Waals surface area contributed by atoms with Gasteiger partial charge in [-0.2, -0.15) is 0 Å². The SMILES string of the molecule is CC(=O)NC1C(Oc2ccccc2C(=O)O)OC(COC(C)=O)C(OC(C)=O)C1OC(C)=O. The minimum atomic E-state index is -1.41. The van der Waals surface area contributed by atoms with E-state index in [9.17, 15) is 29.1 Å². The topological polar surface area (TPSA) is 164 Å². The third kappa shape index (κ3) is 7.17. The number of carbonyl (C=O) groups excluding carboxylic acids is 4. The van der Waals surface area contributed by atoms with Gasteiger partial charge in [0.1, 0.15) is 30.1 Å². The van der Waals surface area contributed by atoms with E-state index in [0.717, 1.165) is 20.8 Å². The minimum absolute atomic E-state index is 0.0934. The molecule has 1 aromatic carbocycles. The highest BCUT2D eigenvalue weighted by Gasteiger charge is 2.52. The highest BCUT2D eigenvalue weighted by Crippen LogP contribution is 2.30. The molecule has 2 N–H and O–H groups in total. The summed E-state index contributed by atoms with van der Waals surface area (Å²) in [5.41, 5.74) is -0.189. The molecule has 0 aromatic heterocycles. The number of para-hydroxylation sites is 1. The van der Waals surface area contributed by atoms with E-state index in [0.29, 0.717) is 0 Å². The molecule has 0 spiro atoms. The van der Waals surface area contributed by atoms with Crippen LogP contribution in [0.3, 0.4) is 0 Å². The fourth-order valence-electron chi connectivity index (χ4n) is 3.26. The van der Waals surface area contributed by atoms with Crippen molar-refractivity contribution in [2.24, 2.45) is 0 Å². The molecule has 1 aliphatic heterocycles. The monoisotopic (exact) mass is 467 g/mol. The number of aromatic carboxylic acids is 1. The Hall–Kier alpha value is -3.67. The quantitative estimate of drug-likeness (QED) is 0.402. The Morgan fingerprint density at radius 3 is 2.09 bits per heavy atom. The molecule has 180 valence electrons. The highest BCUT2D eigenvalue weighted by molar-refractivity contribution is 5.90. The molecule has 0 saturated carbocycles. The van der Waals surface area contributed by atoms with Crippen LogP contribution < -0.4 is 10.1 Å². The second-order valence-electron chi connectivity index (χ2n) is 7.14. The van der Waals surface area contributed by atoms with E-state index >= 15 is 0 Å². The Labute approximate surface area is 189 Å². The zero-order valence-corrected chi connectivity index (χ0v) is 18.4. The number of hydrogen-bond donors (Lipinski definition) is 2. The van der Waals surface area contributed by atoms with Crippen LogP contribution in [0.5, 0.6) is 5.75 Å². The molecular weight excluding hydrogens is 442 g/mol. The van der Waals surface area contributed by atoms with Crippen LogP contribution in [0.25, 0.3) is 0 Å². The van der Waals surface area contributed by atoms with Gasteiger partial charge < -0.3 is 34.1 Å². The molecule has 5 unspecified atom stereocenters. The molecule has 1 heterocycles. The first-order valence-corrected chi connectivity index (χ1v) is 9.89. The zero-order chi connectivity index (χ0) is 24.7. The van der Waals surface area contributed by atoms with Gasteiger partial charge in [-0.05, 0) is 12.1 Å². The molecule has 1 aromatic rings. The van der Waals surface area contributed by atoms with Gasteiger partial charge in [0.2, 0.25) is 12.2 Å². The lowest BCUT2D eigenvalue weighted by Gasteiger charge is -2.44. The standard InChI is InChI=1S/C21H25NO11/c1-10(23)22-17-19(31-13(4)26)18(30-12(3)25)16(9-29-11(2)24)33-21(17)32-15-8-6-5-7-14(15)20(27)28/h5-8,16-19,21H,9H2,1-4H3,(H,22,23)(H,27,28). The van der Waals surface area contributed by atoms with Crippen LogP contribution in [0.15, 0.2) is 24.3 Å². The second kappa shape index (κ2) is 11.3. The lowest BCUT2D eigenvalue weighted by Crippen LogP contribution is -2.67. The number of carbonyl (C=O) groups is 5. The summed E-state index contributed by atoms with van der Waals surface area (Å²) < 4.78 is 27.2. The molecular formula is C21H25NO11. The van der Waals surface area contributed by atoms with E-state index in [-0.39, 0.29) is 11.3 Å². The average Bonchev–Trinajstić information content (AvgIpc) is 2.70. The van der Waals surface area contributed by atoms with Crippen molar-refractivity contribution in [3.8, 4) is 5.75 Å². The van der Waals surface area contributed by atoms with Gasteiger partial charge in [0.25, 0.3) is 0 Å². The van der Waals surface area contributed by atoms with Gasteiger partial charge in [-0.25, -0.2) is 4.79 Å². The van der Waals surface area contributed by atoms with Crippen LogP contribution in [-0.4, -0.2) is 72.1 Å². The van der Waals surface area contributed by atoms with Gasteiger partial charge in [-0.3, -0.25) is 19.2 Å². The number of esters is 3. The van der Waals surface area contributed by atoms with Crippen LogP contribution in [0, 0.1) is 0 Å². The van der Waals surface area contributed by atoms with Crippen molar-refractivity contribution in [3.05, 3.63) is 29.8 Å². The Morgan fingerprint density at radius 2 is 1.55 bits per heavy atom. The van der Waals surface area contributed by atoms with E-state index < -0.39 is 67.0 Å². The van der Waals surface area contributed by atoms with Crippen LogP contribution in [0.4, 0.5) is 0 Å². The van der Waals surface area contributed by atoms with Crippen molar-refractivity contribution in [1.82, 2.24) is 5.32 Å². The van der Waals surface area contributed by atoms with Crippen molar-refractivity contribution < 1.29 is 52.8 Å². The lowest BCUT2D eigenvalue weighted by atomic mass is 9.96. The molecule has 5 atom stereocenters. The molecule has 0 aliphatic carbocycles. The number of nitrogens with one attached hydrogen (secondary N) is 1. The van der Waals surface area contributed by atoms with Crippen LogP contribution in [-0.2, 0) is 38.1 Å². The molecule has 33 heavy (non-hydrogen) atoms. The summed E-state index contributed by atoms with van der Waals surface area (Å²) in [6.07, 6.45) is -5.18. The molecule has 1 aliphatic rings. The van der Waals surface area contributed by atoms with Crippen molar-refractivity contribution in [1.29, 1.82) is 0 Å². The largest absolute Gasteiger partial charge is 0.478 e. The lowest BCUT2D eigenvalue weighted by molar-refractivity contribution is -0.257. The van der Waals surface area contributed by atoms with E-state index in [2.05, 4.69) is 5.32 Å². The molecule has 2 rings (SSSR count). The molecule has 0 radical (unpaired) electrons. The Morgan fingerprint density at radius 1 is 0.939 bits per heavy atom. The first kappa shape index (κ1) is 25.6. The summed E-state index contributed by atoms with van der Waals surface area (Å²) in [7, 11) is 0. The van der Waals surface area contributed by atoms with Gasteiger partial charge in [-0.15, -0.1) is 0 Å². The van der Waals surface area contributed by atoms with E-state index in [1.54, 1.807) is 0 Å². The van der Waals surface area contributed by atoms with E-state index in [4.69, 9.17) is 23.7 Å². The summed E-state index contributed by atoms with van der Waals surface area (Å²) in [6.45, 7) is 4.18. The van der Waals surface area contributed by atoms with Gasteiger partial charge in [0.15, 0.2) is 12.2 Å². The van der Waals surface area contributed by atoms with Crippen LogP contribution >= 0.6 is 0 Å². The third-order valence-electron chi connectivity index (χ3n) is 4.43. The molecule has 1 fully saturated rings. The van der Waals surface area contributed by atoms with Gasteiger partial charge in [0.05, 0.1) is 0 Å². The number of ether oxygens (including phenoxy) is 5. The maximum atomic E-state index is 11.9. The fraction of sp³-hybridized carbons (Fsp3) is 0.476. The maximum absolute atomic E-state index is 11.9. The Bertz CT molecular complexity index is 915. The molecule has 1 amide bonds. The summed E-state index contributed by atoms with van der Waals surface area (Å²) in [5.74, 6) is -4.08. The molecule has 1 saturated heterocycles. The number of carboxylic acids is 1. The van der Waals surface area contributed by atoms with Crippen molar-refractivity contribution in [2.45, 2.75) is 58.3 Å². The van der Waals surface area contributed by atoms with Crippen LogP contribution in [0.2, 0.25) is 0 Å². The Balaban J connectivity index is 2.51. The normalized spacial score (nSPS) is 24.2. The maximum Gasteiger partial charge on any atom is 0.339 e. The molecule has 12 nitrogen and oxygen atoms in total. The number of rotatable bonds is 8. The minimum Gasteiger partial charge on any atom is -0.478 e. The number of benzene rings is 1. The predicted octanol–water partition coefficient (Wildman–Crippen LogP) is 0.420. The van der Waals surface area contributed by atoms with Crippen LogP contribution in [0.1, 0.15) is 38.1 Å². The first-order valence-electron chi connectivity index (χ1n) is 9.89. The summed E-state index contributed by atoms with van der Waals surface area (Å²) in [5, 5.41) is 12.0. The van der Waals surface area contributed by atoms with Crippen molar-refractivity contribution in [2.75, 3.05) is 6.61 Å². The van der Waals surface area contributed by atoms with E-state index in [1.807, 2.05) is 0 Å². The fourth-order valence-corrected chi connectivity index (χ4v) is 3.26. The Kier molecular flexibility index (Phi) is 8.74. The third-order valence-corrected chi connectivity index (χ3v) is 4.43.